The van der Waals surface area contributed by atoms with E-state index in [2.05, 4.69) is 28.9 Å². The number of hydrogen-bond acceptors (Lipinski definition) is 4. The first-order valence-electron chi connectivity index (χ1n) is 6.94. The Kier molecular flexibility index (Phi) is 3.99. The van der Waals surface area contributed by atoms with E-state index >= 15 is 0 Å². The first-order chi connectivity index (χ1) is 9.35. The first kappa shape index (κ1) is 14.8. The number of carbonyl (C=O) groups is 1. The van der Waals surface area contributed by atoms with E-state index in [1.54, 1.807) is 0 Å². The zero-order chi connectivity index (χ0) is 14.9. The van der Waals surface area contributed by atoms with Crippen LogP contribution >= 0.6 is 0 Å². The van der Waals surface area contributed by atoms with Gasteiger partial charge < -0.3 is 14.9 Å². The number of likely N-dealkylation sites (N-methyl/N-ethyl adjacent to an activating group) is 2. The second kappa shape index (κ2) is 5.40. The Morgan fingerprint density at radius 1 is 1.40 bits per heavy atom. The minimum Gasteiger partial charge on any atom is -0.478 e. The topological polar surface area (TPSA) is 56.7 Å². The molecule has 20 heavy (non-hydrogen) atoms. The summed E-state index contributed by atoms with van der Waals surface area (Å²) < 4.78 is 0. The lowest BCUT2D eigenvalue weighted by atomic mass is 9.75. The molecule has 1 aliphatic carbocycles. The summed E-state index contributed by atoms with van der Waals surface area (Å²) in [4.78, 5) is 19.8. The molecule has 0 radical (unpaired) electrons. The van der Waals surface area contributed by atoms with Gasteiger partial charge in [0.25, 0.3) is 0 Å². The SMILES string of the molecule is Cc1cc(N(C)CC2(N(C)C)CCC2)c(C(=O)O)cn1. The lowest BCUT2D eigenvalue weighted by Crippen LogP contribution is -2.56. The van der Waals surface area contributed by atoms with Crippen LogP contribution < -0.4 is 4.90 Å². The van der Waals surface area contributed by atoms with Gasteiger partial charge in [0.15, 0.2) is 0 Å². The average Bonchev–Trinajstić information content (AvgIpc) is 2.32. The van der Waals surface area contributed by atoms with Gasteiger partial charge in [0.1, 0.15) is 5.56 Å². The Labute approximate surface area is 120 Å². The Balaban J connectivity index is 2.27. The van der Waals surface area contributed by atoms with Crippen molar-refractivity contribution in [3.8, 4) is 0 Å². The molecule has 0 aromatic carbocycles. The van der Waals surface area contributed by atoms with Crippen molar-refractivity contribution >= 4 is 11.7 Å². The number of carboxylic acids is 1. The van der Waals surface area contributed by atoms with Gasteiger partial charge in [-0.25, -0.2) is 4.79 Å². The third-order valence-corrected chi connectivity index (χ3v) is 4.42. The Bertz CT molecular complexity index is 510. The normalized spacial score (nSPS) is 16.9. The smallest absolute Gasteiger partial charge is 0.339 e. The lowest BCUT2D eigenvalue weighted by Gasteiger charge is -2.49. The molecule has 0 amide bonds. The molecule has 0 bridgehead atoms. The highest BCUT2D eigenvalue weighted by Crippen LogP contribution is 2.37. The van der Waals surface area contributed by atoms with Crippen molar-refractivity contribution in [1.29, 1.82) is 0 Å². The summed E-state index contributed by atoms with van der Waals surface area (Å²) in [5.74, 6) is -0.924. The van der Waals surface area contributed by atoms with Crippen LogP contribution in [0, 0.1) is 6.92 Å². The molecule has 1 heterocycles. The molecule has 110 valence electrons. The monoisotopic (exact) mass is 277 g/mol. The van der Waals surface area contributed by atoms with Gasteiger partial charge in [0.05, 0.1) is 5.69 Å². The van der Waals surface area contributed by atoms with E-state index in [0.29, 0.717) is 0 Å². The Morgan fingerprint density at radius 2 is 2.05 bits per heavy atom. The number of aromatic carboxylic acids is 1. The van der Waals surface area contributed by atoms with Crippen molar-refractivity contribution in [2.24, 2.45) is 0 Å². The number of anilines is 1. The number of nitrogens with zero attached hydrogens (tertiary/aromatic N) is 3. The molecule has 0 aliphatic heterocycles. The Hall–Kier alpha value is -1.62. The van der Waals surface area contributed by atoms with Crippen molar-refractivity contribution in [2.75, 3.05) is 32.6 Å². The molecule has 2 rings (SSSR count). The van der Waals surface area contributed by atoms with Crippen LogP contribution in [0.5, 0.6) is 0 Å². The van der Waals surface area contributed by atoms with Crippen LogP contribution in [-0.4, -0.2) is 54.2 Å². The van der Waals surface area contributed by atoms with Crippen molar-refractivity contribution in [3.63, 3.8) is 0 Å². The molecule has 0 unspecified atom stereocenters. The summed E-state index contributed by atoms with van der Waals surface area (Å²) in [6, 6.07) is 1.85. The highest BCUT2D eigenvalue weighted by Gasteiger charge is 2.40. The quantitative estimate of drug-likeness (QED) is 0.892. The van der Waals surface area contributed by atoms with Gasteiger partial charge in [-0.1, -0.05) is 0 Å². The summed E-state index contributed by atoms with van der Waals surface area (Å²) in [7, 11) is 6.16. The maximum Gasteiger partial charge on any atom is 0.339 e. The van der Waals surface area contributed by atoms with Gasteiger partial charge in [-0.05, 0) is 46.3 Å². The number of aromatic nitrogens is 1. The second-order valence-corrected chi connectivity index (χ2v) is 5.98. The maximum atomic E-state index is 11.3. The van der Waals surface area contributed by atoms with Crippen LogP contribution in [0.2, 0.25) is 0 Å². The van der Waals surface area contributed by atoms with Crippen LogP contribution in [0.25, 0.3) is 0 Å². The molecule has 1 N–H and O–H groups in total. The van der Waals surface area contributed by atoms with E-state index in [1.807, 2.05) is 20.0 Å². The number of rotatable bonds is 5. The molecule has 5 heteroatoms. The minimum atomic E-state index is -0.924. The van der Waals surface area contributed by atoms with Crippen LogP contribution in [-0.2, 0) is 0 Å². The van der Waals surface area contributed by atoms with Gasteiger partial charge in [-0.2, -0.15) is 0 Å². The van der Waals surface area contributed by atoms with Gasteiger partial charge in [-0.15, -0.1) is 0 Å². The molecule has 1 aromatic rings. The fraction of sp³-hybridized carbons (Fsp3) is 0.600. The van der Waals surface area contributed by atoms with E-state index in [0.717, 1.165) is 30.8 Å². The van der Waals surface area contributed by atoms with Gasteiger partial charge in [0.2, 0.25) is 0 Å². The Morgan fingerprint density at radius 3 is 2.50 bits per heavy atom. The predicted molar refractivity (Wildman–Crippen MR) is 79.5 cm³/mol. The molecule has 1 aliphatic rings. The van der Waals surface area contributed by atoms with E-state index in [-0.39, 0.29) is 11.1 Å². The van der Waals surface area contributed by atoms with E-state index in [1.165, 1.54) is 12.6 Å². The third-order valence-electron chi connectivity index (χ3n) is 4.42. The van der Waals surface area contributed by atoms with E-state index < -0.39 is 5.97 Å². The van der Waals surface area contributed by atoms with Crippen molar-refractivity contribution < 1.29 is 9.90 Å². The van der Waals surface area contributed by atoms with Crippen LogP contribution in [0.1, 0.15) is 35.3 Å². The van der Waals surface area contributed by atoms with Crippen LogP contribution in [0.3, 0.4) is 0 Å². The van der Waals surface area contributed by atoms with E-state index in [4.69, 9.17) is 0 Å². The van der Waals surface area contributed by atoms with Gasteiger partial charge in [0, 0.05) is 31.0 Å². The molecule has 0 atom stereocenters. The van der Waals surface area contributed by atoms with E-state index in [9.17, 15) is 9.90 Å². The molecule has 1 fully saturated rings. The average molecular weight is 277 g/mol. The van der Waals surface area contributed by atoms with Crippen LogP contribution in [0.15, 0.2) is 12.3 Å². The summed E-state index contributed by atoms with van der Waals surface area (Å²) in [5, 5.41) is 9.31. The van der Waals surface area contributed by atoms with Crippen molar-refractivity contribution in [1.82, 2.24) is 9.88 Å². The molecule has 5 nitrogen and oxygen atoms in total. The summed E-state index contributed by atoms with van der Waals surface area (Å²) in [5.41, 5.74) is 2.02. The fourth-order valence-electron chi connectivity index (χ4n) is 2.88. The zero-order valence-electron chi connectivity index (χ0n) is 12.7. The van der Waals surface area contributed by atoms with Gasteiger partial charge in [-0.3, -0.25) is 4.98 Å². The third kappa shape index (κ3) is 2.63. The van der Waals surface area contributed by atoms with Crippen LogP contribution in [0.4, 0.5) is 5.69 Å². The number of carboxylic acid groups (broad SMARTS) is 1. The molecular formula is C15H23N3O2. The van der Waals surface area contributed by atoms with Crippen molar-refractivity contribution in [2.45, 2.75) is 31.7 Å². The maximum absolute atomic E-state index is 11.3. The molecular weight excluding hydrogens is 254 g/mol. The predicted octanol–water partition coefficient (Wildman–Crippen LogP) is 2.01. The lowest BCUT2D eigenvalue weighted by molar-refractivity contribution is 0.0670. The number of aryl methyl sites for hydroxylation is 1. The zero-order valence-corrected chi connectivity index (χ0v) is 12.7. The molecule has 0 saturated heterocycles. The molecule has 0 spiro atoms. The molecule has 1 aromatic heterocycles. The largest absolute Gasteiger partial charge is 0.478 e. The summed E-state index contributed by atoms with van der Waals surface area (Å²) in [6.07, 6.45) is 5.02. The standard InChI is InChI=1S/C15H23N3O2/c1-11-8-13(12(9-16-11)14(19)20)18(4)10-15(17(2)3)6-5-7-15/h8-9H,5-7,10H2,1-4H3,(H,19,20). The fourth-order valence-corrected chi connectivity index (χ4v) is 2.88. The minimum absolute atomic E-state index is 0.168. The second-order valence-electron chi connectivity index (χ2n) is 5.98. The summed E-state index contributed by atoms with van der Waals surface area (Å²) >= 11 is 0. The first-order valence-corrected chi connectivity index (χ1v) is 6.94. The molecule has 1 saturated carbocycles. The highest BCUT2D eigenvalue weighted by atomic mass is 16.4. The highest BCUT2D eigenvalue weighted by molar-refractivity contribution is 5.94. The summed E-state index contributed by atoms with van der Waals surface area (Å²) in [6.45, 7) is 2.72. The van der Waals surface area contributed by atoms with Crippen molar-refractivity contribution in [3.05, 3.63) is 23.5 Å². The number of pyridine rings is 1. The van der Waals surface area contributed by atoms with Gasteiger partial charge >= 0.3 is 5.97 Å². The number of hydrogen-bond donors (Lipinski definition) is 1.